The van der Waals surface area contributed by atoms with E-state index in [1.165, 1.54) is 24.3 Å². The molecule has 0 saturated carbocycles. The fraction of sp³-hybridized carbons (Fsp3) is 0.407. The van der Waals surface area contributed by atoms with Gasteiger partial charge < -0.3 is 13.9 Å². The average molecular weight is 529 g/mol. The molecule has 0 radical (unpaired) electrons. The minimum atomic E-state index is -2.25. The van der Waals surface area contributed by atoms with Crippen molar-refractivity contribution >= 4 is 32.1 Å². The van der Waals surface area contributed by atoms with Gasteiger partial charge in [-0.25, -0.2) is 9.59 Å². The Labute approximate surface area is 219 Å². The molecule has 2 rings (SSSR count). The Morgan fingerprint density at radius 3 is 2.19 bits per heavy atom. The Morgan fingerprint density at radius 2 is 1.65 bits per heavy atom. The van der Waals surface area contributed by atoms with Crippen molar-refractivity contribution in [2.75, 3.05) is 0 Å². The molecule has 0 aromatic heterocycles. The fourth-order valence-electron chi connectivity index (χ4n) is 2.84. The molecule has 10 heteroatoms. The van der Waals surface area contributed by atoms with Crippen LogP contribution in [0.1, 0.15) is 52.7 Å². The Hall–Kier alpha value is -3.66. The molecule has 2 aromatic rings. The number of ether oxygens (including phenoxy) is 2. The molecule has 0 aliphatic carbocycles. The lowest BCUT2D eigenvalue weighted by atomic mass is 10.1. The van der Waals surface area contributed by atoms with Crippen molar-refractivity contribution in [2.45, 2.75) is 71.9 Å². The van der Waals surface area contributed by atoms with Crippen molar-refractivity contribution < 1.29 is 28.4 Å². The molecule has 0 saturated heterocycles. The number of carbonyl (C=O) groups excluding carboxylic acids is 2. The zero-order valence-electron chi connectivity index (χ0n) is 22.7. The maximum absolute atomic E-state index is 13.0. The zero-order valence-corrected chi connectivity index (χ0v) is 23.7. The molecule has 2 aromatic carbocycles. The summed E-state index contributed by atoms with van der Waals surface area (Å²) in [5.74, 6) is -0.447. The quantitative estimate of drug-likeness (QED) is 0.135. The highest BCUT2D eigenvalue weighted by molar-refractivity contribution is 6.74. The first kappa shape index (κ1) is 29.6. The Kier molecular flexibility index (Phi) is 9.26. The summed E-state index contributed by atoms with van der Waals surface area (Å²) in [7, 11) is -2.25. The minimum absolute atomic E-state index is 0.0520. The summed E-state index contributed by atoms with van der Waals surface area (Å²) in [6.45, 7) is 15.3. The van der Waals surface area contributed by atoms with Gasteiger partial charge in [-0.05, 0) is 62.7 Å². The van der Waals surface area contributed by atoms with Gasteiger partial charge in [0, 0.05) is 6.07 Å². The van der Waals surface area contributed by atoms with Crippen LogP contribution >= 0.6 is 0 Å². The minimum Gasteiger partial charge on any atom is -0.543 e. The maximum Gasteiger partial charge on any atom is 0.412 e. The Bertz CT molecular complexity index is 1160. The van der Waals surface area contributed by atoms with E-state index in [1.807, 2.05) is 6.07 Å². The number of nitrogens with one attached hydrogen (secondary N) is 1. The summed E-state index contributed by atoms with van der Waals surface area (Å²) in [6, 6.07) is 13.3. The molecular formula is C27H36N2O7Si. The molecule has 0 bridgehead atoms. The van der Waals surface area contributed by atoms with Crippen molar-refractivity contribution in [3.8, 4) is 5.75 Å². The first-order chi connectivity index (χ1) is 17.0. The summed E-state index contributed by atoms with van der Waals surface area (Å²) in [5, 5.41) is 14.1. The van der Waals surface area contributed by atoms with Gasteiger partial charge in [-0.2, -0.15) is 0 Å². The van der Waals surface area contributed by atoms with Gasteiger partial charge in [-0.1, -0.05) is 51.1 Å². The predicted octanol–water partition coefficient (Wildman–Crippen LogP) is 6.59. The number of hydrogen-bond acceptors (Lipinski definition) is 7. The third-order valence-corrected chi connectivity index (χ3v) is 10.1. The topological polar surface area (TPSA) is 117 Å². The number of hydrogen-bond donors (Lipinski definition) is 1. The molecule has 0 aliphatic rings. The molecule has 0 spiro atoms. The molecule has 0 atom stereocenters. The monoisotopic (exact) mass is 528 g/mol. The SMILES string of the molecule is CC(C)(C)OC(=O)NC(=Cc1cc(O[Si](C)(C)C(C)(C)C)ccc1[N+](=O)[O-])C(=O)OCc1ccccc1. The van der Waals surface area contributed by atoms with Crippen LogP contribution in [0.2, 0.25) is 18.1 Å². The van der Waals surface area contributed by atoms with Crippen LogP contribution in [0.25, 0.3) is 6.08 Å². The van der Waals surface area contributed by atoms with E-state index in [-0.39, 0.29) is 28.6 Å². The van der Waals surface area contributed by atoms with E-state index in [2.05, 4.69) is 39.2 Å². The van der Waals surface area contributed by atoms with E-state index < -0.39 is 30.9 Å². The number of benzene rings is 2. The number of nitro groups is 1. The second-order valence-corrected chi connectivity index (χ2v) is 15.8. The molecule has 0 aliphatic heterocycles. The predicted molar refractivity (Wildman–Crippen MR) is 145 cm³/mol. The van der Waals surface area contributed by atoms with E-state index in [0.29, 0.717) is 5.75 Å². The number of nitrogens with zero attached hydrogens (tertiary/aromatic N) is 1. The molecule has 0 heterocycles. The van der Waals surface area contributed by atoms with E-state index >= 15 is 0 Å². The van der Waals surface area contributed by atoms with Crippen molar-refractivity contribution in [3.63, 3.8) is 0 Å². The van der Waals surface area contributed by atoms with Crippen LogP contribution < -0.4 is 9.74 Å². The highest BCUT2D eigenvalue weighted by Gasteiger charge is 2.39. The van der Waals surface area contributed by atoms with E-state index in [0.717, 1.165) is 5.56 Å². The van der Waals surface area contributed by atoms with Crippen LogP contribution in [0.4, 0.5) is 10.5 Å². The highest BCUT2D eigenvalue weighted by Crippen LogP contribution is 2.38. The van der Waals surface area contributed by atoms with Crippen LogP contribution in [0, 0.1) is 10.1 Å². The average Bonchev–Trinajstić information content (AvgIpc) is 2.75. The van der Waals surface area contributed by atoms with E-state index in [1.54, 1.807) is 45.0 Å². The van der Waals surface area contributed by atoms with E-state index in [9.17, 15) is 19.7 Å². The van der Waals surface area contributed by atoms with Crippen molar-refractivity contribution in [2.24, 2.45) is 0 Å². The van der Waals surface area contributed by atoms with Crippen LogP contribution in [0.3, 0.4) is 0 Å². The smallest absolute Gasteiger partial charge is 0.412 e. The fourth-order valence-corrected chi connectivity index (χ4v) is 3.86. The number of amides is 1. The zero-order chi connectivity index (χ0) is 28.0. The number of nitro benzene ring substituents is 1. The summed E-state index contributed by atoms with van der Waals surface area (Å²) in [6.07, 6.45) is 0.306. The number of rotatable bonds is 8. The number of esters is 1. The molecule has 0 unspecified atom stereocenters. The van der Waals surface area contributed by atoms with Crippen LogP contribution in [0.15, 0.2) is 54.2 Å². The van der Waals surface area contributed by atoms with Gasteiger partial charge in [0.1, 0.15) is 23.7 Å². The summed E-state index contributed by atoms with van der Waals surface area (Å²) < 4.78 is 16.9. The van der Waals surface area contributed by atoms with Crippen LogP contribution in [0.5, 0.6) is 5.75 Å². The van der Waals surface area contributed by atoms with Crippen molar-refractivity contribution in [1.29, 1.82) is 0 Å². The van der Waals surface area contributed by atoms with Gasteiger partial charge in [-0.3, -0.25) is 15.4 Å². The second kappa shape index (κ2) is 11.6. The van der Waals surface area contributed by atoms with Gasteiger partial charge in [0.2, 0.25) is 8.32 Å². The molecular weight excluding hydrogens is 492 g/mol. The lowest BCUT2D eigenvalue weighted by Gasteiger charge is -2.36. The van der Waals surface area contributed by atoms with Crippen LogP contribution in [-0.4, -0.2) is 30.9 Å². The van der Waals surface area contributed by atoms with Gasteiger partial charge >= 0.3 is 12.1 Å². The van der Waals surface area contributed by atoms with Crippen molar-refractivity contribution in [3.05, 3.63) is 75.5 Å². The standard InChI is InChI=1S/C27H36N2O7Si/c1-26(2,3)35-25(31)28-22(24(30)34-18-19-12-10-9-11-13-19)17-20-16-21(14-15-23(20)29(32)33)36-37(7,8)27(4,5)6/h9-17H,18H2,1-8H3,(H,28,31). The van der Waals surface area contributed by atoms with E-state index in [4.69, 9.17) is 13.9 Å². The summed E-state index contributed by atoms with van der Waals surface area (Å²) in [5.41, 5.74) is -0.585. The third-order valence-electron chi connectivity index (χ3n) is 5.74. The Balaban J connectivity index is 2.48. The largest absolute Gasteiger partial charge is 0.543 e. The lowest BCUT2D eigenvalue weighted by Crippen LogP contribution is -2.43. The molecule has 37 heavy (non-hydrogen) atoms. The van der Waals surface area contributed by atoms with Crippen molar-refractivity contribution in [1.82, 2.24) is 5.32 Å². The molecule has 200 valence electrons. The lowest BCUT2D eigenvalue weighted by molar-refractivity contribution is -0.385. The highest BCUT2D eigenvalue weighted by atomic mass is 28.4. The van der Waals surface area contributed by atoms with Gasteiger partial charge in [0.05, 0.1) is 10.5 Å². The maximum atomic E-state index is 13.0. The summed E-state index contributed by atoms with van der Waals surface area (Å²) >= 11 is 0. The third kappa shape index (κ3) is 9.05. The first-order valence-electron chi connectivity index (χ1n) is 11.9. The number of carbonyl (C=O) groups is 2. The molecule has 1 N–H and O–H groups in total. The molecule has 1 amide bonds. The van der Waals surface area contributed by atoms with Gasteiger partial charge in [0.25, 0.3) is 5.69 Å². The molecule has 9 nitrogen and oxygen atoms in total. The van der Waals surface area contributed by atoms with Gasteiger partial charge in [0.15, 0.2) is 0 Å². The first-order valence-corrected chi connectivity index (χ1v) is 14.8. The van der Waals surface area contributed by atoms with Crippen LogP contribution in [-0.2, 0) is 20.9 Å². The number of alkyl carbamates (subject to hydrolysis) is 1. The Morgan fingerprint density at radius 1 is 1.03 bits per heavy atom. The normalized spacial score (nSPS) is 12.5. The molecule has 0 fully saturated rings. The van der Waals surface area contributed by atoms with Gasteiger partial charge in [-0.15, -0.1) is 0 Å². The summed E-state index contributed by atoms with van der Waals surface area (Å²) in [4.78, 5) is 36.7. The second-order valence-electron chi connectivity index (χ2n) is 11.1.